The zero-order valence-electron chi connectivity index (χ0n) is 9.20. The molecule has 0 bridgehead atoms. The zero-order chi connectivity index (χ0) is 10.3. The van der Waals surface area contributed by atoms with Crippen molar-refractivity contribution in [1.82, 2.24) is 9.55 Å². The lowest BCUT2D eigenvalue weighted by Crippen LogP contribution is -2.28. The van der Waals surface area contributed by atoms with E-state index in [1.54, 1.807) is 0 Å². The first-order valence-electron chi connectivity index (χ1n) is 5.22. The van der Waals surface area contributed by atoms with Crippen LogP contribution in [0.15, 0.2) is 12.4 Å². The van der Waals surface area contributed by atoms with E-state index < -0.39 is 0 Å². The van der Waals surface area contributed by atoms with Gasteiger partial charge in [-0.15, -0.1) is 0 Å². The lowest BCUT2D eigenvalue weighted by molar-refractivity contribution is 0.467. The summed E-state index contributed by atoms with van der Waals surface area (Å²) in [4.78, 5) is 4.30. The summed E-state index contributed by atoms with van der Waals surface area (Å²) in [6.45, 7) is 4.58. The Balaban J connectivity index is 1.96. The molecule has 0 spiro atoms. The van der Waals surface area contributed by atoms with Crippen molar-refractivity contribution in [2.45, 2.75) is 32.7 Å². The maximum atomic E-state index is 6.16. The highest BCUT2D eigenvalue weighted by Gasteiger charge is 2.48. The van der Waals surface area contributed by atoms with E-state index in [2.05, 4.69) is 23.4 Å². The van der Waals surface area contributed by atoms with Crippen molar-refractivity contribution < 1.29 is 0 Å². The number of aromatic nitrogens is 2. The predicted molar refractivity (Wildman–Crippen MR) is 56.8 cm³/mol. The fraction of sp³-hybridized carbons (Fsp3) is 0.727. The Labute approximate surface area is 85.3 Å². The highest BCUT2D eigenvalue weighted by atomic mass is 15.0. The molecular weight excluding hydrogens is 174 g/mol. The van der Waals surface area contributed by atoms with E-state index >= 15 is 0 Å². The van der Waals surface area contributed by atoms with Crippen molar-refractivity contribution in [3.63, 3.8) is 0 Å². The van der Waals surface area contributed by atoms with Crippen LogP contribution >= 0.6 is 0 Å². The molecule has 1 heterocycles. The van der Waals surface area contributed by atoms with E-state index in [9.17, 15) is 0 Å². The first-order chi connectivity index (χ1) is 6.50. The van der Waals surface area contributed by atoms with E-state index in [-0.39, 0.29) is 6.04 Å². The molecule has 3 nitrogen and oxygen atoms in total. The smallest absolute Gasteiger partial charge is 0.109 e. The van der Waals surface area contributed by atoms with Crippen LogP contribution in [0.25, 0.3) is 0 Å². The number of nitrogens with zero attached hydrogens (tertiary/aromatic N) is 2. The third kappa shape index (κ3) is 1.69. The molecule has 14 heavy (non-hydrogen) atoms. The molecule has 0 radical (unpaired) electrons. The summed E-state index contributed by atoms with van der Waals surface area (Å²) in [6.07, 6.45) is 5.97. The minimum atomic E-state index is 0.270. The molecule has 2 N–H and O–H groups in total. The normalized spacial score (nSPS) is 26.1. The van der Waals surface area contributed by atoms with Gasteiger partial charge in [-0.1, -0.05) is 13.8 Å². The summed E-state index contributed by atoms with van der Waals surface area (Å²) in [5.74, 6) is 1.78. The Morgan fingerprint density at radius 1 is 1.71 bits per heavy atom. The molecule has 2 atom stereocenters. The highest BCUT2D eigenvalue weighted by Crippen LogP contribution is 2.53. The second-order valence-electron chi connectivity index (χ2n) is 5.12. The molecule has 2 rings (SSSR count). The molecular formula is C11H19N3. The van der Waals surface area contributed by atoms with E-state index in [1.807, 2.05) is 19.4 Å². The molecule has 2 unspecified atom stereocenters. The summed E-state index contributed by atoms with van der Waals surface area (Å²) in [5.41, 5.74) is 6.62. The van der Waals surface area contributed by atoms with Crippen LogP contribution in [0, 0.1) is 11.3 Å². The van der Waals surface area contributed by atoms with Crippen LogP contribution in [0.3, 0.4) is 0 Å². The van der Waals surface area contributed by atoms with Crippen LogP contribution < -0.4 is 5.73 Å². The highest BCUT2D eigenvalue weighted by molar-refractivity contribution is 5.05. The molecule has 1 aliphatic rings. The predicted octanol–water partition coefficient (Wildman–Crippen LogP) is 1.34. The van der Waals surface area contributed by atoms with Gasteiger partial charge in [-0.05, 0) is 17.8 Å². The Morgan fingerprint density at radius 3 is 2.79 bits per heavy atom. The van der Waals surface area contributed by atoms with Gasteiger partial charge in [-0.3, -0.25) is 0 Å². The van der Waals surface area contributed by atoms with E-state index in [0.29, 0.717) is 11.3 Å². The largest absolute Gasteiger partial charge is 0.338 e. The second-order valence-corrected chi connectivity index (χ2v) is 5.12. The number of aryl methyl sites for hydroxylation is 1. The summed E-state index contributed by atoms with van der Waals surface area (Å²) in [5, 5.41) is 0. The van der Waals surface area contributed by atoms with Gasteiger partial charge in [0.25, 0.3) is 0 Å². The monoisotopic (exact) mass is 193 g/mol. The third-order valence-corrected chi connectivity index (χ3v) is 3.45. The van der Waals surface area contributed by atoms with Gasteiger partial charge in [0.2, 0.25) is 0 Å². The summed E-state index contributed by atoms with van der Waals surface area (Å²) >= 11 is 0. The molecule has 1 aliphatic carbocycles. The standard InChI is InChI=1S/C11H19N3/c1-11(2)7-8(11)9(12)6-10-13-4-5-14(10)3/h4-5,8-9H,6-7,12H2,1-3H3. The van der Waals surface area contributed by atoms with Gasteiger partial charge in [0.15, 0.2) is 0 Å². The Morgan fingerprint density at radius 2 is 2.36 bits per heavy atom. The molecule has 1 aromatic rings. The van der Waals surface area contributed by atoms with Gasteiger partial charge in [-0.25, -0.2) is 4.98 Å². The van der Waals surface area contributed by atoms with Gasteiger partial charge in [0.1, 0.15) is 5.82 Å². The van der Waals surface area contributed by atoms with Crippen LogP contribution in [0.1, 0.15) is 26.1 Å². The van der Waals surface area contributed by atoms with Gasteiger partial charge < -0.3 is 10.3 Å². The number of nitrogens with two attached hydrogens (primary N) is 1. The molecule has 3 heteroatoms. The van der Waals surface area contributed by atoms with Gasteiger partial charge in [-0.2, -0.15) is 0 Å². The van der Waals surface area contributed by atoms with Crippen LogP contribution in [0.2, 0.25) is 0 Å². The molecule has 0 amide bonds. The number of hydrogen-bond acceptors (Lipinski definition) is 2. The maximum Gasteiger partial charge on any atom is 0.109 e. The minimum Gasteiger partial charge on any atom is -0.338 e. The molecule has 78 valence electrons. The maximum absolute atomic E-state index is 6.16. The van der Waals surface area contributed by atoms with Gasteiger partial charge in [0, 0.05) is 31.9 Å². The van der Waals surface area contributed by atoms with E-state index in [4.69, 9.17) is 5.73 Å². The van der Waals surface area contributed by atoms with Crippen LogP contribution in [0.5, 0.6) is 0 Å². The van der Waals surface area contributed by atoms with Crippen LogP contribution in [0.4, 0.5) is 0 Å². The molecule has 0 aromatic carbocycles. The molecule has 1 saturated carbocycles. The summed E-state index contributed by atoms with van der Waals surface area (Å²) in [7, 11) is 2.02. The molecule has 0 aliphatic heterocycles. The lowest BCUT2D eigenvalue weighted by atomic mass is 10.0. The number of hydrogen-bond donors (Lipinski definition) is 1. The quantitative estimate of drug-likeness (QED) is 0.787. The molecule has 1 aromatic heterocycles. The Hall–Kier alpha value is -0.830. The minimum absolute atomic E-state index is 0.270. The van der Waals surface area contributed by atoms with Crippen molar-refractivity contribution in [1.29, 1.82) is 0 Å². The molecule has 1 fully saturated rings. The van der Waals surface area contributed by atoms with Crippen LogP contribution in [-0.2, 0) is 13.5 Å². The number of imidazole rings is 1. The average Bonchev–Trinajstić information content (AvgIpc) is 2.54. The van der Waals surface area contributed by atoms with Crippen molar-refractivity contribution >= 4 is 0 Å². The first kappa shape index (κ1) is 9.71. The van der Waals surface area contributed by atoms with Crippen molar-refractivity contribution in [2.24, 2.45) is 24.1 Å². The van der Waals surface area contributed by atoms with Crippen molar-refractivity contribution in [3.8, 4) is 0 Å². The fourth-order valence-electron chi connectivity index (χ4n) is 2.19. The Kier molecular flexibility index (Phi) is 2.14. The summed E-state index contributed by atoms with van der Waals surface area (Å²) in [6, 6.07) is 0.270. The van der Waals surface area contributed by atoms with E-state index in [0.717, 1.165) is 12.2 Å². The zero-order valence-corrected chi connectivity index (χ0v) is 9.20. The van der Waals surface area contributed by atoms with Gasteiger partial charge >= 0.3 is 0 Å². The van der Waals surface area contributed by atoms with Crippen LogP contribution in [-0.4, -0.2) is 15.6 Å². The fourth-order valence-corrected chi connectivity index (χ4v) is 2.19. The van der Waals surface area contributed by atoms with Crippen molar-refractivity contribution in [2.75, 3.05) is 0 Å². The summed E-state index contributed by atoms with van der Waals surface area (Å²) < 4.78 is 2.05. The topological polar surface area (TPSA) is 43.8 Å². The average molecular weight is 193 g/mol. The first-order valence-corrected chi connectivity index (χ1v) is 5.22. The van der Waals surface area contributed by atoms with Crippen molar-refractivity contribution in [3.05, 3.63) is 18.2 Å². The number of rotatable bonds is 3. The SMILES string of the molecule is Cn1ccnc1CC(N)C1CC1(C)C. The third-order valence-electron chi connectivity index (χ3n) is 3.45. The Bertz CT molecular complexity index is 327. The lowest BCUT2D eigenvalue weighted by Gasteiger charge is -2.12. The molecule has 0 saturated heterocycles. The van der Waals surface area contributed by atoms with E-state index in [1.165, 1.54) is 6.42 Å². The van der Waals surface area contributed by atoms with Gasteiger partial charge in [0.05, 0.1) is 0 Å². The second kappa shape index (κ2) is 3.09.